The lowest BCUT2D eigenvalue weighted by Crippen LogP contribution is -2.28. The molecular weight excluding hydrogens is 202 g/mol. The van der Waals surface area contributed by atoms with Crippen molar-refractivity contribution in [3.8, 4) is 0 Å². The summed E-state index contributed by atoms with van der Waals surface area (Å²) >= 11 is 0. The Morgan fingerprint density at radius 2 is 2.13 bits per heavy atom. The molecule has 0 radical (unpaired) electrons. The quantitative estimate of drug-likeness (QED) is 0.421. The van der Waals surface area contributed by atoms with Crippen molar-refractivity contribution in [1.82, 2.24) is 5.48 Å². The Morgan fingerprint density at radius 3 is 2.67 bits per heavy atom. The first-order valence-electron chi connectivity index (χ1n) is 4.70. The van der Waals surface area contributed by atoms with Crippen LogP contribution in [-0.2, 0) is 19.2 Å². The zero-order chi connectivity index (χ0) is 11.7. The fraction of sp³-hybridized carbons (Fsp3) is 0.667. The van der Waals surface area contributed by atoms with Crippen molar-refractivity contribution in [3.63, 3.8) is 0 Å². The molecule has 6 nitrogen and oxygen atoms in total. The second-order valence-electron chi connectivity index (χ2n) is 2.92. The van der Waals surface area contributed by atoms with E-state index in [1.54, 1.807) is 6.92 Å². The molecule has 1 unspecified atom stereocenters. The molecule has 86 valence electrons. The molecule has 0 aliphatic heterocycles. The van der Waals surface area contributed by atoms with E-state index < -0.39 is 12.1 Å². The van der Waals surface area contributed by atoms with Gasteiger partial charge in [0.25, 0.3) is 5.91 Å². The molecule has 0 bridgehead atoms. The van der Waals surface area contributed by atoms with Crippen molar-refractivity contribution in [3.05, 3.63) is 0 Å². The summed E-state index contributed by atoms with van der Waals surface area (Å²) in [5.41, 5.74) is 1.87. The maximum absolute atomic E-state index is 10.9. The summed E-state index contributed by atoms with van der Waals surface area (Å²) in [5, 5.41) is 0. The van der Waals surface area contributed by atoms with Gasteiger partial charge in [0.2, 0.25) is 0 Å². The van der Waals surface area contributed by atoms with E-state index in [1.807, 2.05) is 12.4 Å². The molecule has 1 amide bonds. The third-order valence-electron chi connectivity index (χ3n) is 1.61. The van der Waals surface area contributed by atoms with Gasteiger partial charge in [0, 0.05) is 12.8 Å². The second-order valence-corrected chi connectivity index (χ2v) is 2.92. The van der Waals surface area contributed by atoms with Crippen LogP contribution >= 0.6 is 0 Å². The highest BCUT2D eigenvalue weighted by molar-refractivity contribution is 5.78. The van der Waals surface area contributed by atoms with Gasteiger partial charge >= 0.3 is 6.16 Å². The van der Waals surface area contributed by atoms with Gasteiger partial charge in [-0.2, -0.15) is 5.48 Å². The summed E-state index contributed by atoms with van der Waals surface area (Å²) in [7, 11) is 0. The number of hydrogen-bond donors (Lipinski definition) is 1. The van der Waals surface area contributed by atoms with Crippen LogP contribution < -0.4 is 5.48 Å². The molecule has 0 fully saturated rings. The van der Waals surface area contributed by atoms with E-state index in [-0.39, 0.29) is 18.9 Å². The van der Waals surface area contributed by atoms with E-state index >= 15 is 0 Å². The summed E-state index contributed by atoms with van der Waals surface area (Å²) in [6.07, 6.45) is 0.134. The number of carbonyl (C=O) groups is 3. The molecule has 0 saturated heterocycles. The maximum atomic E-state index is 10.9. The number of ether oxygens (including phenoxy) is 1. The van der Waals surface area contributed by atoms with Crippen molar-refractivity contribution in [2.45, 2.75) is 39.2 Å². The minimum atomic E-state index is -0.955. The first-order chi connectivity index (χ1) is 7.10. The van der Waals surface area contributed by atoms with Gasteiger partial charge in [-0.05, 0) is 13.3 Å². The fourth-order valence-electron chi connectivity index (χ4n) is 0.611. The zero-order valence-electron chi connectivity index (χ0n) is 8.82. The predicted octanol–water partition coefficient (Wildman–Crippen LogP) is 0.948. The van der Waals surface area contributed by atoms with E-state index in [1.165, 1.54) is 0 Å². The molecule has 0 aromatic rings. The first kappa shape index (κ1) is 13.4. The Balaban J connectivity index is 3.61. The van der Waals surface area contributed by atoms with Gasteiger partial charge in [0.05, 0.1) is 0 Å². The average Bonchev–Trinajstić information content (AvgIpc) is 2.23. The lowest BCUT2D eigenvalue weighted by molar-refractivity contribution is -0.132. The predicted molar refractivity (Wildman–Crippen MR) is 50.8 cm³/mol. The van der Waals surface area contributed by atoms with E-state index in [4.69, 9.17) is 4.74 Å². The topological polar surface area (TPSA) is 81.7 Å². The fourth-order valence-corrected chi connectivity index (χ4v) is 0.611. The minimum absolute atomic E-state index is 0.0138. The van der Waals surface area contributed by atoms with Crippen LogP contribution in [0.2, 0.25) is 0 Å². The highest BCUT2D eigenvalue weighted by Crippen LogP contribution is 1.97. The van der Waals surface area contributed by atoms with Crippen molar-refractivity contribution < 1.29 is 24.0 Å². The zero-order valence-corrected chi connectivity index (χ0v) is 8.82. The Bertz CT molecular complexity index is 229. The maximum Gasteiger partial charge on any atom is 0.533 e. The van der Waals surface area contributed by atoms with Crippen LogP contribution in [0.1, 0.15) is 33.1 Å². The van der Waals surface area contributed by atoms with Gasteiger partial charge in [-0.1, -0.05) is 6.92 Å². The highest BCUT2D eigenvalue weighted by Gasteiger charge is 2.10. The molecule has 0 spiro atoms. The number of hydroxylamine groups is 1. The van der Waals surface area contributed by atoms with Crippen LogP contribution in [0.5, 0.6) is 0 Å². The van der Waals surface area contributed by atoms with Crippen molar-refractivity contribution in [2.24, 2.45) is 0 Å². The molecule has 6 heteroatoms. The molecule has 0 aromatic carbocycles. The summed E-state index contributed by atoms with van der Waals surface area (Å²) in [5.74, 6) is -0.539. The molecule has 0 rings (SSSR count). The van der Waals surface area contributed by atoms with Gasteiger partial charge < -0.3 is 14.4 Å². The number of amides is 1. The third-order valence-corrected chi connectivity index (χ3v) is 1.61. The normalized spacial score (nSPS) is 11.3. The molecule has 0 saturated carbocycles. The van der Waals surface area contributed by atoms with Gasteiger partial charge in [-0.15, -0.1) is 0 Å². The van der Waals surface area contributed by atoms with Crippen molar-refractivity contribution in [1.29, 1.82) is 0 Å². The second kappa shape index (κ2) is 7.78. The average molecular weight is 217 g/mol. The highest BCUT2D eigenvalue weighted by atomic mass is 16.8. The van der Waals surface area contributed by atoms with E-state index in [9.17, 15) is 14.4 Å². The molecule has 0 aromatic heterocycles. The lowest BCUT2D eigenvalue weighted by atomic mass is 10.3. The number of aldehydes is 1. The summed E-state index contributed by atoms with van der Waals surface area (Å²) < 4.78 is 4.71. The third kappa shape index (κ3) is 7.48. The van der Waals surface area contributed by atoms with Gasteiger partial charge in [0.1, 0.15) is 12.4 Å². The van der Waals surface area contributed by atoms with Crippen LogP contribution in [0.15, 0.2) is 0 Å². The molecule has 0 aliphatic carbocycles. The molecule has 1 N–H and O–H groups in total. The number of hydrogen-bond acceptors (Lipinski definition) is 5. The Labute approximate surface area is 87.9 Å². The number of carbonyl (C=O) groups excluding carboxylic acids is 3. The van der Waals surface area contributed by atoms with Crippen LogP contribution in [0.4, 0.5) is 4.79 Å². The first-order valence-corrected chi connectivity index (χ1v) is 4.70. The smallest absolute Gasteiger partial charge is 0.430 e. The van der Waals surface area contributed by atoms with E-state index in [2.05, 4.69) is 4.84 Å². The Morgan fingerprint density at radius 1 is 1.47 bits per heavy atom. The van der Waals surface area contributed by atoms with Crippen LogP contribution in [0, 0.1) is 0 Å². The van der Waals surface area contributed by atoms with Crippen molar-refractivity contribution in [2.75, 3.05) is 0 Å². The summed E-state index contributed by atoms with van der Waals surface area (Å²) in [6, 6.07) is 0. The van der Waals surface area contributed by atoms with Crippen LogP contribution in [0.25, 0.3) is 0 Å². The molecular formula is C9H15NO5. The largest absolute Gasteiger partial charge is 0.533 e. The van der Waals surface area contributed by atoms with Crippen molar-refractivity contribution >= 4 is 18.3 Å². The summed E-state index contributed by atoms with van der Waals surface area (Å²) in [4.78, 5) is 35.9. The van der Waals surface area contributed by atoms with Gasteiger partial charge in [-0.25, -0.2) is 4.79 Å². The Hall–Kier alpha value is -1.59. The van der Waals surface area contributed by atoms with Gasteiger partial charge in [0.15, 0.2) is 0 Å². The molecule has 15 heavy (non-hydrogen) atoms. The molecule has 1 atom stereocenters. The standard InChI is InChI=1S/C9H15NO5/c1-3-7(2)14-9(13)15-10-8(12)5-4-6-11/h6-7H,3-5H2,1-2H3,(H,10,12). The lowest BCUT2D eigenvalue weighted by Gasteiger charge is -2.10. The van der Waals surface area contributed by atoms with Crippen LogP contribution in [-0.4, -0.2) is 24.5 Å². The van der Waals surface area contributed by atoms with E-state index in [0.29, 0.717) is 12.7 Å². The minimum Gasteiger partial charge on any atom is -0.430 e. The number of nitrogens with one attached hydrogen (secondary N) is 1. The molecule has 0 heterocycles. The molecule has 0 aliphatic rings. The summed E-state index contributed by atoms with van der Waals surface area (Å²) in [6.45, 7) is 3.55. The monoisotopic (exact) mass is 217 g/mol. The number of rotatable bonds is 5. The SMILES string of the molecule is CCC(C)OC(=O)ONC(=O)CCC=O. The van der Waals surface area contributed by atoms with E-state index in [0.717, 1.165) is 0 Å². The van der Waals surface area contributed by atoms with Crippen LogP contribution in [0.3, 0.4) is 0 Å². The van der Waals surface area contributed by atoms with Gasteiger partial charge in [-0.3, -0.25) is 4.79 Å². The Kier molecular flexibility index (Phi) is 6.96.